The molecule has 0 heterocycles. The molecule has 0 aliphatic heterocycles. The van der Waals surface area contributed by atoms with Gasteiger partial charge in [0, 0.05) is 18.8 Å². The molecule has 1 unspecified atom stereocenters. The molecule has 3 N–H and O–H groups in total. The minimum Gasteiger partial charge on any atom is -0.398 e. The molecule has 0 saturated heterocycles. The van der Waals surface area contributed by atoms with Crippen LogP contribution in [-0.2, 0) is 11.3 Å². The summed E-state index contributed by atoms with van der Waals surface area (Å²) >= 11 is 0. The average molecular weight is 291 g/mol. The fourth-order valence-electron chi connectivity index (χ4n) is 2.30. The SMILES string of the molecule is CCCCNC(=O)C(C)N(CCC)Cc1ccccc1N. The van der Waals surface area contributed by atoms with E-state index in [1.807, 2.05) is 31.2 Å². The van der Waals surface area contributed by atoms with E-state index >= 15 is 0 Å². The number of amides is 1. The van der Waals surface area contributed by atoms with Crippen LogP contribution in [0.1, 0.15) is 45.6 Å². The molecule has 0 aliphatic carbocycles. The quantitative estimate of drug-likeness (QED) is 0.543. The van der Waals surface area contributed by atoms with Crippen molar-refractivity contribution < 1.29 is 4.79 Å². The second-order valence-corrected chi connectivity index (χ2v) is 5.49. The summed E-state index contributed by atoms with van der Waals surface area (Å²) in [5.74, 6) is 0.103. The Hall–Kier alpha value is -1.55. The molecular formula is C17H29N3O. The van der Waals surface area contributed by atoms with Gasteiger partial charge in [-0.05, 0) is 37.9 Å². The number of nitrogens with two attached hydrogens (primary N) is 1. The largest absolute Gasteiger partial charge is 0.398 e. The van der Waals surface area contributed by atoms with Crippen molar-refractivity contribution in [1.82, 2.24) is 10.2 Å². The van der Waals surface area contributed by atoms with Crippen molar-refractivity contribution in [2.75, 3.05) is 18.8 Å². The Morgan fingerprint density at radius 2 is 2.00 bits per heavy atom. The zero-order chi connectivity index (χ0) is 15.7. The van der Waals surface area contributed by atoms with Gasteiger partial charge in [-0.1, -0.05) is 38.5 Å². The van der Waals surface area contributed by atoms with Gasteiger partial charge >= 0.3 is 0 Å². The normalized spacial score (nSPS) is 12.4. The van der Waals surface area contributed by atoms with E-state index in [2.05, 4.69) is 24.1 Å². The lowest BCUT2D eigenvalue weighted by atomic mass is 10.1. The van der Waals surface area contributed by atoms with Gasteiger partial charge in [-0.25, -0.2) is 0 Å². The van der Waals surface area contributed by atoms with E-state index in [1.54, 1.807) is 0 Å². The van der Waals surface area contributed by atoms with Crippen LogP contribution < -0.4 is 11.1 Å². The summed E-state index contributed by atoms with van der Waals surface area (Å²) in [5.41, 5.74) is 7.88. The van der Waals surface area contributed by atoms with Crippen molar-refractivity contribution >= 4 is 11.6 Å². The Balaban J connectivity index is 2.67. The fraction of sp³-hybridized carbons (Fsp3) is 0.588. The third-order valence-electron chi connectivity index (χ3n) is 3.70. The van der Waals surface area contributed by atoms with Crippen LogP contribution in [-0.4, -0.2) is 29.9 Å². The number of unbranched alkanes of at least 4 members (excludes halogenated alkanes) is 1. The number of para-hydroxylation sites is 1. The first kappa shape index (κ1) is 17.5. The van der Waals surface area contributed by atoms with Gasteiger partial charge in [-0.15, -0.1) is 0 Å². The van der Waals surface area contributed by atoms with Gasteiger partial charge < -0.3 is 11.1 Å². The number of benzene rings is 1. The highest BCUT2D eigenvalue weighted by atomic mass is 16.2. The number of hydrogen-bond donors (Lipinski definition) is 2. The van der Waals surface area contributed by atoms with Crippen LogP contribution in [0.5, 0.6) is 0 Å². The number of hydrogen-bond acceptors (Lipinski definition) is 3. The number of anilines is 1. The van der Waals surface area contributed by atoms with Gasteiger partial charge in [0.1, 0.15) is 0 Å². The van der Waals surface area contributed by atoms with Crippen LogP contribution in [0.15, 0.2) is 24.3 Å². The highest BCUT2D eigenvalue weighted by molar-refractivity contribution is 5.81. The lowest BCUT2D eigenvalue weighted by molar-refractivity contribution is -0.126. The molecule has 0 bridgehead atoms. The summed E-state index contributed by atoms with van der Waals surface area (Å²) < 4.78 is 0. The van der Waals surface area contributed by atoms with Crippen molar-refractivity contribution in [3.8, 4) is 0 Å². The smallest absolute Gasteiger partial charge is 0.237 e. The van der Waals surface area contributed by atoms with E-state index in [0.29, 0.717) is 6.54 Å². The van der Waals surface area contributed by atoms with Crippen molar-refractivity contribution in [2.45, 2.75) is 52.6 Å². The lowest BCUT2D eigenvalue weighted by Crippen LogP contribution is -2.45. The Morgan fingerprint density at radius 3 is 2.62 bits per heavy atom. The number of nitrogens with one attached hydrogen (secondary N) is 1. The molecule has 4 nitrogen and oxygen atoms in total. The average Bonchev–Trinajstić information content (AvgIpc) is 2.48. The third-order valence-corrected chi connectivity index (χ3v) is 3.70. The van der Waals surface area contributed by atoms with Crippen molar-refractivity contribution in [1.29, 1.82) is 0 Å². The predicted molar refractivity (Wildman–Crippen MR) is 88.9 cm³/mol. The van der Waals surface area contributed by atoms with Crippen LogP contribution >= 0.6 is 0 Å². The maximum atomic E-state index is 12.2. The molecule has 118 valence electrons. The van der Waals surface area contributed by atoms with E-state index in [9.17, 15) is 4.79 Å². The standard InChI is InChI=1S/C17H29N3O/c1-4-6-11-19-17(21)14(3)20(12-5-2)13-15-9-7-8-10-16(15)18/h7-10,14H,4-6,11-13,18H2,1-3H3,(H,19,21). The maximum Gasteiger partial charge on any atom is 0.237 e. The topological polar surface area (TPSA) is 58.4 Å². The molecule has 0 aromatic heterocycles. The van der Waals surface area contributed by atoms with Gasteiger partial charge in [0.25, 0.3) is 0 Å². The summed E-state index contributed by atoms with van der Waals surface area (Å²) in [6, 6.07) is 7.72. The van der Waals surface area contributed by atoms with Crippen molar-refractivity contribution in [2.24, 2.45) is 0 Å². The van der Waals surface area contributed by atoms with Gasteiger partial charge in [-0.2, -0.15) is 0 Å². The maximum absolute atomic E-state index is 12.2. The van der Waals surface area contributed by atoms with Gasteiger partial charge in [0.15, 0.2) is 0 Å². The molecule has 0 saturated carbocycles. The molecule has 21 heavy (non-hydrogen) atoms. The van der Waals surface area contributed by atoms with Gasteiger partial charge in [0.2, 0.25) is 5.91 Å². The monoisotopic (exact) mass is 291 g/mol. The third kappa shape index (κ3) is 5.76. The Morgan fingerprint density at radius 1 is 1.29 bits per heavy atom. The molecule has 1 atom stereocenters. The van der Waals surface area contributed by atoms with E-state index in [0.717, 1.165) is 43.6 Å². The minimum absolute atomic E-state index is 0.103. The number of rotatable bonds is 9. The van der Waals surface area contributed by atoms with Crippen molar-refractivity contribution in [3.63, 3.8) is 0 Å². The molecule has 0 spiro atoms. The summed E-state index contributed by atoms with van der Waals surface area (Å²) in [7, 11) is 0. The number of carbonyl (C=O) groups excluding carboxylic acids is 1. The zero-order valence-corrected chi connectivity index (χ0v) is 13.6. The molecule has 1 aromatic carbocycles. The van der Waals surface area contributed by atoms with E-state index in [4.69, 9.17) is 5.73 Å². The predicted octanol–water partition coefficient (Wildman–Crippen LogP) is 2.79. The van der Waals surface area contributed by atoms with E-state index < -0.39 is 0 Å². The second-order valence-electron chi connectivity index (χ2n) is 5.49. The molecule has 0 fully saturated rings. The first-order valence-electron chi connectivity index (χ1n) is 7.95. The Kier molecular flexibility index (Phi) is 7.83. The first-order chi connectivity index (χ1) is 10.1. The van der Waals surface area contributed by atoms with Crippen LogP contribution in [0, 0.1) is 0 Å². The van der Waals surface area contributed by atoms with Crippen LogP contribution in [0.4, 0.5) is 5.69 Å². The van der Waals surface area contributed by atoms with Crippen LogP contribution in [0.2, 0.25) is 0 Å². The number of carbonyl (C=O) groups is 1. The summed E-state index contributed by atoms with van der Waals surface area (Å²) in [6.45, 7) is 8.57. The van der Waals surface area contributed by atoms with Gasteiger partial charge in [0.05, 0.1) is 6.04 Å². The second kappa shape index (κ2) is 9.40. The molecule has 4 heteroatoms. The molecule has 0 aliphatic rings. The first-order valence-corrected chi connectivity index (χ1v) is 7.95. The molecule has 0 radical (unpaired) electrons. The fourth-order valence-corrected chi connectivity index (χ4v) is 2.30. The summed E-state index contributed by atoms with van der Waals surface area (Å²) in [4.78, 5) is 14.4. The Bertz CT molecular complexity index is 434. The van der Waals surface area contributed by atoms with Gasteiger partial charge in [-0.3, -0.25) is 9.69 Å². The summed E-state index contributed by atoms with van der Waals surface area (Å²) in [5, 5.41) is 3.01. The zero-order valence-electron chi connectivity index (χ0n) is 13.6. The molecule has 1 rings (SSSR count). The van der Waals surface area contributed by atoms with E-state index in [-0.39, 0.29) is 11.9 Å². The van der Waals surface area contributed by atoms with Crippen LogP contribution in [0.3, 0.4) is 0 Å². The van der Waals surface area contributed by atoms with Crippen LogP contribution in [0.25, 0.3) is 0 Å². The lowest BCUT2D eigenvalue weighted by Gasteiger charge is -2.28. The molecule has 1 amide bonds. The van der Waals surface area contributed by atoms with Crippen molar-refractivity contribution in [3.05, 3.63) is 29.8 Å². The summed E-state index contributed by atoms with van der Waals surface area (Å²) in [6.07, 6.45) is 3.13. The highest BCUT2D eigenvalue weighted by Crippen LogP contribution is 2.15. The number of nitrogens with zero attached hydrogens (tertiary/aromatic N) is 1. The number of nitrogen functional groups attached to an aromatic ring is 1. The highest BCUT2D eigenvalue weighted by Gasteiger charge is 2.20. The minimum atomic E-state index is -0.138. The molecular weight excluding hydrogens is 262 g/mol. The van der Waals surface area contributed by atoms with E-state index in [1.165, 1.54) is 0 Å². The molecule has 1 aromatic rings. The Labute approximate surface area is 128 Å².